The Morgan fingerprint density at radius 1 is 1.07 bits per heavy atom. The van der Waals surface area contributed by atoms with Crippen molar-refractivity contribution in [3.05, 3.63) is 89.5 Å². The maximum Gasteiger partial charge on any atom is 0.573 e. The Morgan fingerprint density at radius 2 is 1.73 bits per heavy atom. The average molecular weight is 655 g/mol. The highest BCUT2D eigenvalue weighted by molar-refractivity contribution is 7.90. The normalized spacial score (nSPS) is 13.1. The van der Waals surface area contributed by atoms with Gasteiger partial charge in [0.1, 0.15) is 30.3 Å². The number of hydrogen-bond donors (Lipinski definition) is 3. The summed E-state index contributed by atoms with van der Waals surface area (Å²) in [6.07, 6.45) is -6.19. The summed E-state index contributed by atoms with van der Waals surface area (Å²) in [5, 5.41) is 21.6. The third-order valence-corrected chi connectivity index (χ3v) is 7.39. The van der Waals surface area contributed by atoms with Gasteiger partial charge in [-0.3, -0.25) is 0 Å². The minimum Gasteiger partial charge on any atom is -0.612 e. The molecule has 1 aromatic heterocycles. The topological polar surface area (TPSA) is 106 Å². The van der Waals surface area contributed by atoms with E-state index in [1.54, 1.807) is 0 Å². The molecule has 0 bridgehead atoms. The lowest BCUT2D eigenvalue weighted by Crippen LogP contribution is -2.17. The van der Waals surface area contributed by atoms with Gasteiger partial charge in [0.25, 0.3) is 0 Å². The van der Waals surface area contributed by atoms with Gasteiger partial charge in [0.2, 0.25) is 0 Å². The Labute approximate surface area is 255 Å². The molecule has 45 heavy (non-hydrogen) atoms. The summed E-state index contributed by atoms with van der Waals surface area (Å²) in [7, 11) is 0. The zero-order valence-corrected chi connectivity index (χ0v) is 24.6. The number of aryl methyl sites for hydroxylation is 1. The summed E-state index contributed by atoms with van der Waals surface area (Å²) in [6.45, 7) is 1.72. The van der Waals surface area contributed by atoms with Gasteiger partial charge in [0, 0.05) is 34.9 Å². The first-order valence-electron chi connectivity index (χ1n) is 12.9. The maximum atomic E-state index is 13.6. The van der Waals surface area contributed by atoms with Gasteiger partial charge in [-0.15, -0.1) is 13.2 Å². The lowest BCUT2D eigenvalue weighted by atomic mass is 9.97. The summed E-state index contributed by atoms with van der Waals surface area (Å²) >= 11 is -1.69. The zero-order valence-electron chi connectivity index (χ0n) is 23.8. The van der Waals surface area contributed by atoms with Crippen molar-refractivity contribution < 1.29 is 45.1 Å². The van der Waals surface area contributed by atoms with Gasteiger partial charge in [0.05, 0.1) is 11.3 Å². The number of nitrogens with zero attached hydrogens (tertiary/aromatic N) is 2. The summed E-state index contributed by atoms with van der Waals surface area (Å²) in [4.78, 5) is 3.68. The molecule has 0 radical (unpaired) electrons. The minimum atomic E-state index is -4.91. The standard InChI is InChI=1S/C30H25F7N4O3S/c1-16(38)10-24(40-20-5-7-21(8-6-20)44-30(35,36)37)22-11-18(19-12-26(42)23(14-31)27(13-19)45(3)43)4-9-25(22)41-15-28(29(32,33)34)39-17(41)2/h4-13,15,38,40,42H,14H2,1-3H3/b24-10-,38-16?. The molecule has 1 heterocycles. The molecule has 4 aromatic rings. The van der Waals surface area contributed by atoms with Crippen LogP contribution >= 0.6 is 0 Å². The first kappa shape index (κ1) is 33.4. The van der Waals surface area contributed by atoms with Crippen LogP contribution < -0.4 is 10.1 Å². The number of aromatic nitrogens is 2. The van der Waals surface area contributed by atoms with E-state index < -0.39 is 47.6 Å². The van der Waals surface area contributed by atoms with Crippen LogP contribution in [0, 0.1) is 12.3 Å². The number of imidazole rings is 1. The first-order valence-corrected chi connectivity index (χ1v) is 14.5. The van der Waals surface area contributed by atoms with E-state index in [2.05, 4.69) is 15.0 Å². The van der Waals surface area contributed by atoms with Crippen molar-refractivity contribution in [1.82, 2.24) is 9.55 Å². The summed E-state index contributed by atoms with van der Waals surface area (Å²) in [6, 6.07) is 11.9. The molecule has 7 nitrogen and oxygen atoms in total. The maximum absolute atomic E-state index is 13.6. The molecular weight excluding hydrogens is 629 g/mol. The van der Waals surface area contributed by atoms with Crippen molar-refractivity contribution in [2.24, 2.45) is 0 Å². The lowest BCUT2D eigenvalue weighted by Gasteiger charge is -2.19. The van der Waals surface area contributed by atoms with Gasteiger partial charge < -0.3 is 29.7 Å². The number of nitrogens with one attached hydrogen (secondary N) is 2. The predicted octanol–water partition coefficient (Wildman–Crippen LogP) is 8.17. The highest BCUT2D eigenvalue weighted by atomic mass is 32.2. The molecule has 3 N–H and O–H groups in total. The number of halogens is 7. The molecular formula is C30H25F7N4O3S. The summed E-state index contributed by atoms with van der Waals surface area (Å²) < 4.78 is 110. The number of anilines is 1. The molecule has 0 amide bonds. The molecule has 1 atom stereocenters. The smallest absolute Gasteiger partial charge is 0.573 e. The van der Waals surface area contributed by atoms with Crippen LogP contribution in [-0.2, 0) is 24.0 Å². The predicted molar refractivity (Wildman–Crippen MR) is 156 cm³/mol. The van der Waals surface area contributed by atoms with E-state index in [-0.39, 0.29) is 44.6 Å². The molecule has 238 valence electrons. The fraction of sp³-hybridized carbons (Fsp3) is 0.200. The number of phenols is 1. The van der Waals surface area contributed by atoms with E-state index in [1.165, 1.54) is 73.2 Å². The van der Waals surface area contributed by atoms with Crippen LogP contribution in [0.25, 0.3) is 22.5 Å². The molecule has 0 fully saturated rings. The van der Waals surface area contributed by atoms with Gasteiger partial charge >= 0.3 is 12.5 Å². The van der Waals surface area contributed by atoms with Crippen molar-refractivity contribution in [3.8, 4) is 28.3 Å². The van der Waals surface area contributed by atoms with E-state index in [0.717, 1.165) is 18.3 Å². The van der Waals surface area contributed by atoms with Gasteiger partial charge in [-0.05, 0) is 84.7 Å². The number of aromatic hydroxyl groups is 1. The van der Waals surface area contributed by atoms with Crippen molar-refractivity contribution in [1.29, 1.82) is 5.41 Å². The Bertz CT molecular complexity index is 1750. The van der Waals surface area contributed by atoms with Gasteiger partial charge in [-0.2, -0.15) is 13.2 Å². The van der Waals surface area contributed by atoms with Gasteiger partial charge in [-0.25, -0.2) is 9.37 Å². The number of alkyl halides is 7. The Morgan fingerprint density at radius 3 is 2.27 bits per heavy atom. The number of phenolic OH excluding ortho intramolecular Hbond substituents is 1. The van der Waals surface area contributed by atoms with E-state index in [9.17, 15) is 40.4 Å². The molecule has 0 aliphatic rings. The number of allylic oxidation sites excluding steroid dienone is 1. The van der Waals surface area contributed by atoms with Gasteiger partial charge in [0.15, 0.2) is 10.6 Å². The number of hydrogen-bond acceptors (Lipinski definition) is 6. The van der Waals surface area contributed by atoms with Crippen LogP contribution in [0.5, 0.6) is 11.5 Å². The summed E-state index contributed by atoms with van der Waals surface area (Å²) in [5.74, 6) is -0.958. The molecule has 3 aromatic carbocycles. The Kier molecular flexibility index (Phi) is 9.54. The quantitative estimate of drug-likeness (QED) is 0.0960. The highest BCUT2D eigenvalue weighted by Gasteiger charge is 2.35. The van der Waals surface area contributed by atoms with Crippen molar-refractivity contribution >= 4 is 28.3 Å². The zero-order chi connectivity index (χ0) is 33.3. The molecule has 4 rings (SSSR count). The second-order valence-corrected chi connectivity index (χ2v) is 11.1. The van der Waals surface area contributed by atoms with Crippen molar-refractivity contribution in [3.63, 3.8) is 0 Å². The number of benzene rings is 3. The monoisotopic (exact) mass is 654 g/mol. The van der Waals surface area contributed by atoms with Crippen molar-refractivity contribution in [2.45, 2.75) is 38.0 Å². The highest BCUT2D eigenvalue weighted by Crippen LogP contribution is 2.37. The van der Waals surface area contributed by atoms with Crippen LogP contribution in [0.3, 0.4) is 0 Å². The number of rotatable bonds is 9. The number of ether oxygens (including phenoxy) is 1. The van der Waals surface area contributed by atoms with Crippen LogP contribution in [0.2, 0.25) is 0 Å². The lowest BCUT2D eigenvalue weighted by molar-refractivity contribution is -0.274. The van der Waals surface area contributed by atoms with E-state index in [4.69, 9.17) is 5.41 Å². The first-order chi connectivity index (χ1) is 21.0. The average Bonchev–Trinajstić information content (AvgIpc) is 3.34. The Hall–Kier alpha value is -4.50. The third kappa shape index (κ3) is 7.97. The molecule has 0 spiro atoms. The molecule has 0 aliphatic heterocycles. The fourth-order valence-corrected chi connectivity index (χ4v) is 5.27. The second-order valence-electron chi connectivity index (χ2n) is 9.77. The molecule has 1 unspecified atom stereocenters. The molecule has 0 aliphatic carbocycles. The van der Waals surface area contributed by atoms with Crippen molar-refractivity contribution in [2.75, 3.05) is 11.6 Å². The minimum absolute atomic E-state index is 0.0119. The fourth-order valence-electron chi connectivity index (χ4n) is 4.48. The van der Waals surface area contributed by atoms with E-state index in [0.29, 0.717) is 11.1 Å². The molecule has 0 saturated heterocycles. The van der Waals surface area contributed by atoms with Crippen LogP contribution in [-0.4, -0.2) is 37.5 Å². The van der Waals surface area contributed by atoms with E-state index in [1.807, 2.05) is 0 Å². The SMILES string of the molecule is CC(=N)/C=C(\Nc1ccc(OC(F)(F)F)cc1)c1cc(-c2cc(O)c(CF)c([S+](C)[O-])c2)ccc1-n1cc(C(F)(F)F)nc1C. The largest absolute Gasteiger partial charge is 0.612 e. The van der Waals surface area contributed by atoms with Crippen LogP contribution in [0.4, 0.5) is 36.4 Å². The summed E-state index contributed by atoms with van der Waals surface area (Å²) in [5.41, 5.74) is 0.202. The van der Waals surface area contributed by atoms with Gasteiger partial charge in [-0.1, -0.05) is 6.07 Å². The molecule has 0 saturated carbocycles. The third-order valence-electron chi connectivity index (χ3n) is 6.41. The second kappa shape index (κ2) is 12.9. The Balaban J connectivity index is 1.92. The molecule has 15 heteroatoms. The van der Waals surface area contributed by atoms with Crippen LogP contribution in [0.1, 0.15) is 29.6 Å². The van der Waals surface area contributed by atoms with Crippen LogP contribution in [0.15, 0.2) is 71.8 Å². The van der Waals surface area contributed by atoms with E-state index >= 15 is 0 Å².